The van der Waals surface area contributed by atoms with Gasteiger partial charge in [0.1, 0.15) is 0 Å². The van der Waals surface area contributed by atoms with Crippen molar-refractivity contribution in [2.24, 2.45) is 0 Å². The number of rotatable bonds is 8. The fourth-order valence-electron chi connectivity index (χ4n) is 2.17. The number of nitro benzene ring substituents is 2. The minimum Gasteiger partial charge on any atom is -0.361 e. The van der Waals surface area contributed by atoms with Gasteiger partial charge < -0.3 is 4.90 Å². The summed E-state index contributed by atoms with van der Waals surface area (Å²) in [5.41, 5.74) is -1.29. The van der Waals surface area contributed by atoms with E-state index < -0.39 is 36.0 Å². The van der Waals surface area contributed by atoms with Crippen LogP contribution in [-0.4, -0.2) is 37.6 Å². The first-order valence-corrected chi connectivity index (χ1v) is 8.94. The van der Waals surface area contributed by atoms with Gasteiger partial charge in [0.2, 0.25) is 0 Å². The van der Waals surface area contributed by atoms with E-state index in [1.165, 1.54) is 4.90 Å². The molecule has 0 unspecified atom stereocenters. The number of hydrogen-bond donors (Lipinski definition) is 0. The summed E-state index contributed by atoms with van der Waals surface area (Å²) in [5, 5.41) is 22.7. The molecule has 1 aromatic rings. The highest BCUT2D eigenvalue weighted by atomic mass is 32.2. The zero-order chi connectivity index (χ0) is 17.8. The molecule has 0 aliphatic rings. The van der Waals surface area contributed by atoms with E-state index in [2.05, 4.69) is 0 Å². The monoisotopic (exact) mass is 345 g/mol. The summed E-state index contributed by atoms with van der Waals surface area (Å²) in [5.74, 6) is 0. The van der Waals surface area contributed by atoms with Crippen LogP contribution in [0.4, 0.5) is 17.1 Å². The van der Waals surface area contributed by atoms with Crippen LogP contribution in [0.2, 0.25) is 0 Å². The molecule has 0 amide bonds. The maximum Gasteiger partial charge on any atom is 0.300 e. The van der Waals surface area contributed by atoms with Crippen molar-refractivity contribution in [1.82, 2.24) is 0 Å². The standard InChI is InChI=1S/C13H19N3O6S/c1-4-6-7-14(5-2)13-11(15(17)18)8-10(23(3,21)22)9-12(13)16(19)20/h8-9H,4-7H2,1-3H3. The molecule has 1 rings (SSSR count). The average molecular weight is 345 g/mol. The molecule has 0 aromatic heterocycles. The van der Waals surface area contributed by atoms with Crippen molar-refractivity contribution < 1.29 is 18.3 Å². The van der Waals surface area contributed by atoms with E-state index in [0.29, 0.717) is 19.5 Å². The van der Waals surface area contributed by atoms with E-state index in [9.17, 15) is 28.6 Å². The first-order chi connectivity index (χ1) is 10.6. The van der Waals surface area contributed by atoms with E-state index >= 15 is 0 Å². The smallest absolute Gasteiger partial charge is 0.300 e. The molecule has 0 aliphatic heterocycles. The van der Waals surface area contributed by atoms with Gasteiger partial charge in [-0.1, -0.05) is 13.3 Å². The number of nitro groups is 2. The quantitative estimate of drug-likeness (QED) is 0.523. The molecule has 0 aliphatic carbocycles. The third-order valence-electron chi connectivity index (χ3n) is 3.34. The fraction of sp³-hybridized carbons (Fsp3) is 0.538. The van der Waals surface area contributed by atoms with Crippen LogP contribution in [0.1, 0.15) is 26.7 Å². The van der Waals surface area contributed by atoms with Gasteiger partial charge in [-0.2, -0.15) is 0 Å². The number of anilines is 1. The Morgan fingerprint density at radius 1 is 1.09 bits per heavy atom. The normalized spacial score (nSPS) is 11.3. The van der Waals surface area contributed by atoms with Crippen LogP contribution < -0.4 is 4.90 Å². The van der Waals surface area contributed by atoms with Crippen molar-refractivity contribution in [2.75, 3.05) is 24.2 Å². The lowest BCUT2D eigenvalue weighted by molar-refractivity contribution is -0.393. The van der Waals surface area contributed by atoms with Gasteiger partial charge in [-0.05, 0) is 13.3 Å². The summed E-state index contributed by atoms with van der Waals surface area (Å²) in [6.45, 7) is 4.41. The Morgan fingerprint density at radius 3 is 1.87 bits per heavy atom. The SMILES string of the molecule is CCCCN(CC)c1c([N+](=O)[O-])cc(S(C)(=O)=O)cc1[N+](=O)[O-]. The van der Waals surface area contributed by atoms with Crippen molar-refractivity contribution in [3.05, 3.63) is 32.4 Å². The zero-order valence-electron chi connectivity index (χ0n) is 13.2. The van der Waals surface area contributed by atoms with Gasteiger partial charge >= 0.3 is 11.4 Å². The predicted molar refractivity (Wildman–Crippen MR) is 85.7 cm³/mol. The fourth-order valence-corrected chi connectivity index (χ4v) is 2.82. The second-order valence-corrected chi connectivity index (χ2v) is 7.05. The second kappa shape index (κ2) is 7.36. The maximum absolute atomic E-state index is 11.6. The summed E-state index contributed by atoms with van der Waals surface area (Å²) in [6.07, 6.45) is 2.37. The predicted octanol–water partition coefficient (Wildman–Crippen LogP) is 2.53. The Bertz CT molecular complexity index is 681. The summed E-state index contributed by atoms with van der Waals surface area (Å²) in [7, 11) is -3.81. The third-order valence-corrected chi connectivity index (χ3v) is 4.44. The molecule has 0 spiro atoms. The van der Waals surface area contributed by atoms with Gasteiger partial charge in [-0.25, -0.2) is 8.42 Å². The highest BCUT2D eigenvalue weighted by molar-refractivity contribution is 7.90. The average Bonchev–Trinajstić information content (AvgIpc) is 2.46. The second-order valence-electron chi connectivity index (χ2n) is 5.03. The molecule has 10 heteroatoms. The van der Waals surface area contributed by atoms with E-state index in [1.54, 1.807) is 6.92 Å². The molecule has 0 atom stereocenters. The van der Waals surface area contributed by atoms with Crippen LogP contribution in [-0.2, 0) is 9.84 Å². The molecule has 0 heterocycles. The Morgan fingerprint density at radius 2 is 1.57 bits per heavy atom. The molecule has 9 nitrogen and oxygen atoms in total. The van der Waals surface area contributed by atoms with Gasteiger partial charge in [0, 0.05) is 31.5 Å². The number of hydrogen-bond acceptors (Lipinski definition) is 7. The molecule has 0 fully saturated rings. The lowest BCUT2D eigenvalue weighted by Gasteiger charge is -2.22. The van der Waals surface area contributed by atoms with Crippen LogP contribution in [0.5, 0.6) is 0 Å². The molecule has 23 heavy (non-hydrogen) atoms. The number of unbranched alkanes of at least 4 members (excludes halogenated alkanes) is 1. The number of nitrogens with zero attached hydrogens (tertiary/aromatic N) is 3. The van der Waals surface area contributed by atoms with Gasteiger partial charge in [0.05, 0.1) is 14.7 Å². The number of sulfone groups is 1. The lowest BCUT2D eigenvalue weighted by Crippen LogP contribution is -2.26. The maximum atomic E-state index is 11.6. The van der Waals surface area contributed by atoms with Gasteiger partial charge in [0.25, 0.3) is 0 Å². The first kappa shape index (κ1) is 18.8. The van der Waals surface area contributed by atoms with Crippen molar-refractivity contribution in [2.45, 2.75) is 31.6 Å². The van der Waals surface area contributed by atoms with Crippen LogP contribution in [0.3, 0.4) is 0 Å². The van der Waals surface area contributed by atoms with Crippen molar-refractivity contribution in [3.63, 3.8) is 0 Å². The highest BCUT2D eigenvalue weighted by Crippen LogP contribution is 2.40. The Balaban J connectivity index is 3.71. The Hall–Kier alpha value is -2.23. The van der Waals surface area contributed by atoms with Crippen LogP contribution in [0.25, 0.3) is 0 Å². The Labute approximate surface area is 134 Å². The van der Waals surface area contributed by atoms with Crippen molar-refractivity contribution >= 4 is 26.9 Å². The molecule has 0 bridgehead atoms. The Kier molecular flexibility index (Phi) is 6.02. The van der Waals surface area contributed by atoms with E-state index in [4.69, 9.17) is 0 Å². The minimum atomic E-state index is -3.81. The van der Waals surface area contributed by atoms with Crippen LogP contribution in [0, 0.1) is 20.2 Å². The third kappa shape index (κ3) is 4.38. The lowest BCUT2D eigenvalue weighted by atomic mass is 10.2. The summed E-state index contributed by atoms with van der Waals surface area (Å²) in [4.78, 5) is 22.2. The minimum absolute atomic E-state index is 0.150. The molecule has 0 saturated heterocycles. The topological polar surface area (TPSA) is 124 Å². The zero-order valence-corrected chi connectivity index (χ0v) is 14.0. The van der Waals surface area contributed by atoms with Crippen LogP contribution >= 0.6 is 0 Å². The molecule has 0 saturated carbocycles. The van der Waals surface area contributed by atoms with E-state index in [1.807, 2.05) is 6.92 Å². The highest BCUT2D eigenvalue weighted by Gasteiger charge is 2.32. The molecular weight excluding hydrogens is 326 g/mol. The van der Waals surface area contributed by atoms with E-state index in [-0.39, 0.29) is 5.69 Å². The molecular formula is C13H19N3O6S. The first-order valence-electron chi connectivity index (χ1n) is 7.05. The molecule has 1 aromatic carbocycles. The van der Waals surface area contributed by atoms with E-state index in [0.717, 1.165) is 24.8 Å². The number of benzene rings is 1. The molecule has 128 valence electrons. The molecule has 0 N–H and O–H groups in total. The summed E-state index contributed by atoms with van der Waals surface area (Å²) < 4.78 is 23.3. The van der Waals surface area contributed by atoms with Crippen molar-refractivity contribution in [3.8, 4) is 0 Å². The largest absolute Gasteiger partial charge is 0.361 e. The van der Waals surface area contributed by atoms with Gasteiger partial charge in [0.15, 0.2) is 15.5 Å². The van der Waals surface area contributed by atoms with Gasteiger partial charge in [-0.3, -0.25) is 20.2 Å². The van der Waals surface area contributed by atoms with Gasteiger partial charge in [-0.15, -0.1) is 0 Å². The summed E-state index contributed by atoms with van der Waals surface area (Å²) in [6, 6.07) is 1.76. The van der Waals surface area contributed by atoms with Crippen LogP contribution in [0.15, 0.2) is 17.0 Å². The molecule has 0 radical (unpaired) electrons. The van der Waals surface area contributed by atoms with Crippen molar-refractivity contribution in [1.29, 1.82) is 0 Å². The summed E-state index contributed by atoms with van der Waals surface area (Å²) >= 11 is 0.